The Bertz CT molecular complexity index is 726. The Morgan fingerprint density at radius 3 is 2.65 bits per heavy atom. The van der Waals surface area contributed by atoms with E-state index in [1.807, 2.05) is 47.8 Å². The standard InChI is InChI=1S/C17H17N3O2S/c1-20-15(21)10-9-13(19-20)17(22)18-16(14-8-5-11-23-14)12-6-3-2-4-7-12/h2-8,11,16H,9-10H2,1H3,(H,18,22)/t16-/m1/s1. The molecule has 1 aliphatic heterocycles. The Balaban J connectivity index is 1.83. The van der Waals surface area contributed by atoms with Gasteiger partial charge in [-0.1, -0.05) is 36.4 Å². The molecule has 1 aliphatic rings. The average Bonchev–Trinajstić information content (AvgIpc) is 3.10. The third kappa shape index (κ3) is 3.48. The molecule has 0 bridgehead atoms. The summed E-state index contributed by atoms with van der Waals surface area (Å²) in [5.41, 5.74) is 1.41. The van der Waals surface area contributed by atoms with E-state index in [4.69, 9.17) is 0 Å². The van der Waals surface area contributed by atoms with Crippen molar-refractivity contribution in [3.05, 3.63) is 58.3 Å². The van der Waals surface area contributed by atoms with Gasteiger partial charge in [0.1, 0.15) is 5.71 Å². The van der Waals surface area contributed by atoms with Gasteiger partial charge in [-0.3, -0.25) is 9.59 Å². The molecule has 23 heavy (non-hydrogen) atoms. The Hall–Kier alpha value is -2.47. The van der Waals surface area contributed by atoms with Gasteiger partial charge in [0.2, 0.25) is 5.91 Å². The average molecular weight is 327 g/mol. The Morgan fingerprint density at radius 2 is 2.00 bits per heavy atom. The number of nitrogens with zero attached hydrogens (tertiary/aromatic N) is 2. The van der Waals surface area contributed by atoms with Crippen LogP contribution in [0.3, 0.4) is 0 Å². The molecular formula is C17H17N3O2S. The number of hydrazone groups is 1. The van der Waals surface area contributed by atoms with Gasteiger partial charge in [-0.05, 0) is 17.0 Å². The molecule has 6 heteroatoms. The van der Waals surface area contributed by atoms with Crippen LogP contribution in [-0.2, 0) is 9.59 Å². The maximum atomic E-state index is 12.6. The first-order valence-electron chi connectivity index (χ1n) is 7.38. The van der Waals surface area contributed by atoms with Crippen molar-refractivity contribution < 1.29 is 9.59 Å². The molecule has 1 aromatic carbocycles. The fourth-order valence-corrected chi connectivity index (χ4v) is 3.27. The molecule has 0 unspecified atom stereocenters. The summed E-state index contributed by atoms with van der Waals surface area (Å²) in [5.74, 6) is -0.300. The number of hydrogen-bond donors (Lipinski definition) is 1. The fraction of sp³-hybridized carbons (Fsp3) is 0.235. The van der Waals surface area contributed by atoms with Crippen LogP contribution < -0.4 is 5.32 Å². The first kappa shape index (κ1) is 15.4. The Kier molecular flexibility index (Phi) is 4.52. The zero-order valence-corrected chi connectivity index (χ0v) is 13.5. The lowest BCUT2D eigenvalue weighted by atomic mass is 10.0. The molecule has 0 saturated heterocycles. The van der Waals surface area contributed by atoms with E-state index in [1.165, 1.54) is 5.01 Å². The molecule has 3 rings (SSSR count). The summed E-state index contributed by atoms with van der Waals surface area (Å²) in [4.78, 5) is 25.1. The molecule has 118 valence electrons. The number of carbonyl (C=O) groups is 2. The number of hydrogen-bond acceptors (Lipinski definition) is 4. The maximum absolute atomic E-state index is 12.6. The van der Waals surface area contributed by atoms with Gasteiger partial charge in [0.15, 0.2) is 0 Å². The van der Waals surface area contributed by atoms with Gasteiger partial charge in [0.25, 0.3) is 5.91 Å². The number of benzene rings is 1. The summed E-state index contributed by atoms with van der Waals surface area (Å²) in [5, 5.41) is 10.4. The largest absolute Gasteiger partial charge is 0.339 e. The van der Waals surface area contributed by atoms with Crippen LogP contribution in [0, 0.1) is 0 Å². The van der Waals surface area contributed by atoms with E-state index in [1.54, 1.807) is 18.4 Å². The summed E-state index contributed by atoms with van der Waals surface area (Å²) < 4.78 is 0. The van der Waals surface area contributed by atoms with Gasteiger partial charge in [0, 0.05) is 24.8 Å². The lowest BCUT2D eigenvalue weighted by Gasteiger charge is -2.22. The van der Waals surface area contributed by atoms with E-state index >= 15 is 0 Å². The number of nitrogens with one attached hydrogen (secondary N) is 1. The monoisotopic (exact) mass is 327 g/mol. The van der Waals surface area contributed by atoms with Crippen LogP contribution in [0.5, 0.6) is 0 Å². The topological polar surface area (TPSA) is 61.8 Å². The summed E-state index contributed by atoms with van der Waals surface area (Å²) in [6.45, 7) is 0. The molecule has 0 spiro atoms. The minimum Gasteiger partial charge on any atom is -0.339 e. The number of rotatable bonds is 4. The van der Waals surface area contributed by atoms with Gasteiger partial charge >= 0.3 is 0 Å². The van der Waals surface area contributed by atoms with E-state index in [0.717, 1.165) is 10.4 Å². The molecule has 2 heterocycles. The van der Waals surface area contributed by atoms with Crippen molar-refractivity contribution in [2.24, 2.45) is 5.10 Å². The van der Waals surface area contributed by atoms with Crippen LogP contribution in [-0.4, -0.2) is 29.6 Å². The summed E-state index contributed by atoms with van der Waals surface area (Å²) in [6, 6.07) is 13.6. The first-order valence-corrected chi connectivity index (χ1v) is 8.26. The second-order valence-electron chi connectivity index (χ2n) is 5.30. The van der Waals surface area contributed by atoms with Gasteiger partial charge in [-0.15, -0.1) is 11.3 Å². The van der Waals surface area contributed by atoms with Crippen molar-refractivity contribution in [1.82, 2.24) is 10.3 Å². The van der Waals surface area contributed by atoms with Crippen molar-refractivity contribution in [3.63, 3.8) is 0 Å². The molecule has 0 saturated carbocycles. The second kappa shape index (κ2) is 6.75. The Morgan fingerprint density at radius 1 is 1.22 bits per heavy atom. The van der Waals surface area contributed by atoms with Crippen LogP contribution >= 0.6 is 11.3 Å². The van der Waals surface area contributed by atoms with E-state index in [-0.39, 0.29) is 17.9 Å². The van der Waals surface area contributed by atoms with Crippen molar-refractivity contribution >= 4 is 28.9 Å². The highest BCUT2D eigenvalue weighted by atomic mass is 32.1. The SMILES string of the molecule is CN1N=C(C(=O)N[C@H](c2ccccc2)c2cccs2)CCC1=O. The molecule has 0 fully saturated rings. The highest BCUT2D eigenvalue weighted by molar-refractivity contribution is 7.10. The van der Waals surface area contributed by atoms with Crippen LogP contribution in [0.4, 0.5) is 0 Å². The van der Waals surface area contributed by atoms with E-state index < -0.39 is 0 Å². The molecular weight excluding hydrogens is 310 g/mol. The van der Waals surface area contributed by atoms with E-state index in [2.05, 4.69) is 10.4 Å². The fourth-order valence-electron chi connectivity index (χ4n) is 2.47. The first-order chi connectivity index (χ1) is 11.1. The lowest BCUT2D eigenvalue weighted by molar-refractivity contribution is -0.130. The highest BCUT2D eigenvalue weighted by Crippen LogP contribution is 2.26. The number of carbonyl (C=O) groups excluding carboxylic acids is 2. The third-order valence-corrected chi connectivity index (χ3v) is 4.64. The van der Waals surface area contributed by atoms with Crippen LogP contribution in [0.25, 0.3) is 0 Å². The van der Waals surface area contributed by atoms with Crippen molar-refractivity contribution in [1.29, 1.82) is 0 Å². The number of thiophene rings is 1. The predicted molar refractivity (Wildman–Crippen MR) is 90.2 cm³/mol. The normalized spacial score (nSPS) is 16.0. The zero-order valence-electron chi connectivity index (χ0n) is 12.7. The predicted octanol–water partition coefficient (Wildman–Crippen LogP) is 2.56. The number of amides is 2. The summed E-state index contributed by atoms with van der Waals surface area (Å²) in [7, 11) is 1.57. The highest BCUT2D eigenvalue weighted by Gasteiger charge is 2.25. The van der Waals surface area contributed by atoms with Gasteiger partial charge < -0.3 is 5.32 Å². The van der Waals surface area contributed by atoms with Gasteiger partial charge in [0.05, 0.1) is 6.04 Å². The smallest absolute Gasteiger partial charge is 0.268 e. The van der Waals surface area contributed by atoms with E-state index in [9.17, 15) is 9.59 Å². The molecule has 5 nitrogen and oxygen atoms in total. The van der Waals surface area contributed by atoms with Crippen molar-refractivity contribution in [2.45, 2.75) is 18.9 Å². The molecule has 1 N–H and O–H groups in total. The minimum atomic E-state index is -0.230. The third-order valence-electron chi connectivity index (χ3n) is 3.71. The van der Waals surface area contributed by atoms with Crippen LogP contribution in [0.15, 0.2) is 52.9 Å². The summed E-state index contributed by atoms with van der Waals surface area (Å²) >= 11 is 1.60. The maximum Gasteiger partial charge on any atom is 0.268 e. The Labute approximate surface area is 138 Å². The van der Waals surface area contributed by atoms with Crippen LogP contribution in [0.2, 0.25) is 0 Å². The molecule has 1 atom stereocenters. The van der Waals surface area contributed by atoms with Crippen molar-refractivity contribution in [3.8, 4) is 0 Å². The molecule has 2 amide bonds. The van der Waals surface area contributed by atoms with Gasteiger partial charge in [-0.2, -0.15) is 5.10 Å². The second-order valence-corrected chi connectivity index (χ2v) is 6.28. The lowest BCUT2D eigenvalue weighted by Crippen LogP contribution is -2.39. The minimum absolute atomic E-state index is 0.0700. The summed E-state index contributed by atoms with van der Waals surface area (Å²) in [6.07, 6.45) is 0.693. The molecule has 0 radical (unpaired) electrons. The van der Waals surface area contributed by atoms with Gasteiger partial charge in [-0.25, -0.2) is 5.01 Å². The quantitative estimate of drug-likeness (QED) is 0.938. The van der Waals surface area contributed by atoms with E-state index in [0.29, 0.717) is 18.6 Å². The zero-order chi connectivity index (χ0) is 16.2. The van der Waals surface area contributed by atoms with Crippen molar-refractivity contribution in [2.75, 3.05) is 7.05 Å². The molecule has 0 aliphatic carbocycles. The molecule has 2 aromatic rings. The molecule has 1 aromatic heterocycles. The van der Waals surface area contributed by atoms with Crippen LogP contribution in [0.1, 0.15) is 29.3 Å².